The van der Waals surface area contributed by atoms with Crippen LogP contribution in [-0.2, 0) is 4.74 Å². The summed E-state index contributed by atoms with van der Waals surface area (Å²) in [7, 11) is 0. The molecule has 1 aliphatic heterocycles. The normalized spacial score (nSPS) is 18.4. The molecule has 0 spiro atoms. The molecule has 1 unspecified atom stereocenters. The van der Waals surface area contributed by atoms with Crippen LogP contribution in [0.15, 0.2) is 6.33 Å². The van der Waals surface area contributed by atoms with E-state index in [2.05, 4.69) is 27.3 Å². The number of hydrogen-bond donors (Lipinski definition) is 1. The van der Waals surface area contributed by atoms with Crippen molar-refractivity contribution in [1.82, 2.24) is 19.6 Å². The summed E-state index contributed by atoms with van der Waals surface area (Å²) in [5.74, 6) is 1.98. The molecule has 1 aliphatic rings. The molecule has 7 heteroatoms. The molecule has 2 aromatic rings. The lowest BCUT2D eigenvalue weighted by molar-refractivity contribution is 0.0622. The second kappa shape index (κ2) is 5.54. The standard InChI is InChI=1S/C13H18ClN5O/c1-8-11(14)18-13-15-7-16-19(13)12(8)17-9(2)10-3-5-20-6-4-10/h7,9-10,17H,3-6H2,1-2H3. The van der Waals surface area contributed by atoms with E-state index in [0.29, 0.717) is 22.9 Å². The highest BCUT2D eigenvalue weighted by atomic mass is 35.5. The smallest absolute Gasteiger partial charge is 0.255 e. The first-order valence-electron chi connectivity index (χ1n) is 6.87. The van der Waals surface area contributed by atoms with Crippen molar-refractivity contribution in [2.45, 2.75) is 32.7 Å². The van der Waals surface area contributed by atoms with Gasteiger partial charge in [-0.15, -0.1) is 0 Å². The van der Waals surface area contributed by atoms with Crippen LogP contribution in [0.2, 0.25) is 5.15 Å². The lowest BCUT2D eigenvalue weighted by Gasteiger charge is -2.29. The fourth-order valence-electron chi connectivity index (χ4n) is 2.62. The third-order valence-corrected chi connectivity index (χ3v) is 4.31. The van der Waals surface area contributed by atoms with Gasteiger partial charge >= 0.3 is 0 Å². The van der Waals surface area contributed by atoms with E-state index in [0.717, 1.165) is 37.4 Å². The molecule has 0 amide bonds. The molecule has 2 aromatic heterocycles. The monoisotopic (exact) mass is 295 g/mol. The fourth-order valence-corrected chi connectivity index (χ4v) is 2.78. The molecule has 0 bridgehead atoms. The number of nitrogens with zero attached hydrogens (tertiary/aromatic N) is 4. The Hall–Kier alpha value is -1.40. The maximum Gasteiger partial charge on any atom is 0.255 e. The minimum atomic E-state index is 0.323. The summed E-state index contributed by atoms with van der Waals surface area (Å²) >= 11 is 6.17. The minimum absolute atomic E-state index is 0.323. The maximum absolute atomic E-state index is 6.17. The molecule has 1 N–H and O–H groups in total. The first-order valence-corrected chi connectivity index (χ1v) is 7.24. The van der Waals surface area contributed by atoms with Gasteiger partial charge in [0.1, 0.15) is 17.3 Å². The zero-order valence-electron chi connectivity index (χ0n) is 11.6. The number of hydrogen-bond acceptors (Lipinski definition) is 5. The number of rotatable bonds is 3. The number of halogens is 1. The molecule has 0 radical (unpaired) electrons. The SMILES string of the molecule is Cc1c(Cl)nc2ncnn2c1NC(C)C1CCOCC1. The van der Waals surface area contributed by atoms with Gasteiger partial charge in [-0.3, -0.25) is 0 Å². The van der Waals surface area contributed by atoms with Gasteiger partial charge in [0, 0.05) is 24.8 Å². The van der Waals surface area contributed by atoms with E-state index in [9.17, 15) is 0 Å². The molecule has 0 aromatic carbocycles. The molecule has 0 saturated carbocycles. The van der Waals surface area contributed by atoms with Gasteiger partial charge in [-0.25, -0.2) is 0 Å². The molecular weight excluding hydrogens is 278 g/mol. The Labute approximate surface area is 122 Å². The zero-order chi connectivity index (χ0) is 14.1. The largest absolute Gasteiger partial charge is 0.381 e. The summed E-state index contributed by atoms with van der Waals surface area (Å²) < 4.78 is 7.12. The molecule has 3 heterocycles. The van der Waals surface area contributed by atoms with Crippen LogP contribution < -0.4 is 5.32 Å². The summed E-state index contributed by atoms with van der Waals surface area (Å²) in [5.41, 5.74) is 0.892. The lowest BCUT2D eigenvalue weighted by Crippen LogP contribution is -2.32. The molecule has 108 valence electrons. The highest BCUT2D eigenvalue weighted by molar-refractivity contribution is 6.30. The minimum Gasteiger partial charge on any atom is -0.381 e. The van der Waals surface area contributed by atoms with Crippen LogP contribution in [-0.4, -0.2) is 38.8 Å². The number of fused-ring (bicyclic) bond motifs is 1. The van der Waals surface area contributed by atoms with Crippen LogP contribution >= 0.6 is 11.6 Å². The summed E-state index contributed by atoms with van der Waals surface area (Å²) in [4.78, 5) is 8.31. The van der Waals surface area contributed by atoms with Crippen LogP contribution in [0, 0.1) is 12.8 Å². The van der Waals surface area contributed by atoms with E-state index in [1.165, 1.54) is 6.33 Å². The van der Waals surface area contributed by atoms with E-state index in [4.69, 9.17) is 16.3 Å². The molecule has 6 nitrogen and oxygen atoms in total. The topological polar surface area (TPSA) is 64.3 Å². The Balaban J connectivity index is 1.89. The van der Waals surface area contributed by atoms with Crippen LogP contribution in [0.5, 0.6) is 0 Å². The Bertz CT molecular complexity index is 608. The van der Waals surface area contributed by atoms with E-state index in [1.54, 1.807) is 4.52 Å². The van der Waals surface area contributed by atoms with Crippen LogP contribution in [0.3, 0.4) is 0 Å². The Morgan fingerprint density at radius 2 is 2.20 bits per heavy atom. The second-order valence-corrected chi connectivity index (χ2v) is 5.59. The second-order valence-electron chi connectivity index (χ2n) is 5.23. The quantitative estimate of drug-likeness (QED) is 0.880. The van der Waals surface area contributed by atoms with Gasteiger partial charge in [-0.05, 0) is 32.6 Å². The average molecular weight is 296 g/mol. The van der Waals surface area contributed by atoms with Crippen LogP contribution in [0.1, 0.15) is 25.3 Å². The van der Waals surface area contributed by atoms with E-state index in [-0.39, 0.29) is 0 Å². The Kier molecular flexibility index (Phi) is 3.76. The van der Waals surface area contributed by atoms with E-state index in [1.807, 2.05) is 6.92 Å². The van der Waals surface area contributed by atoms with Gasteiger partial charge in [0.05, 0.1) is 0 Å². The maximum atomic E-state index is 6.17. The van der Waals surface area contributed by atoms with Crippen LogP contribution in [0.25, 0.3) is 5.78 Å². The highest BCUT2D eigenvalue weighted by Gasteiger charge is 2.22. The predicted octanol–water partition coefficient (Wildman–Crippen LogP) is 2.31. The fraction of sp³-hybridized carbons (Fsp3) is 0.615. The molecule has 0 aliphatic carbocycles. The van der Waals surface area contributed by atoms with Gasteiger partial charge < -0.3 is 10.1 Å². The van der Waals surface area contributed by atoms with Crippen molar-refractivity contribution in [3.63, 3.8) is 0 Å². The zero-order valence-corrected chi connectivity index (χ0v) is 12.4. The van der Waals surface area contributed by atoms with Gasteiger partial charge in [0.15, 0.2) is 0 Å². The lowest BCUT2D eigenvalue weighted by atomic mass is 9.93. The predicted molar refractivity (Wildman–Crippen MR) is 77.2 cm³/mol. The van der Waals surface area contributed by atoms with Gasteiger partial charge in [0.25, 0.3) is 5.78 Å². The summed E-state index contributed by atoms with van der Waals surface area (Å²) in [6, 6.07) is 0.323. The van der Waals surface area contributed by atoms with Gasteiger partial charge in [-0.2, -0.15) is 19.6 Å². The van der Waals surface area contributed by atoms with Crippen molar-refractivity contribution in [2.24, 2.45) is 5.92 Å². The summed E-state index contributed by atoms with van der Waals surface area (Å²) in [6.07, 6.45) is 3.64. The van der Waals surface area contributed by atoms with Gasteiger partial charge in [0.2, 0.25) is 0 Å². The first-order chi connectivity index (χ1) is 9.66. The van der Waals surface area contributed by atoms with Crippen molar-refractivity contribution in [3.8, 4) is 0 Å². The number of anilines is 1. The first kappa shape index (κ1) is 13.6. The Morgan fingerprint density at radius 1 is 1.45 bits per heavy atom. The molecule has 1 fully saturated rings. The van der Waals surface area contributed by atoms with Crippen molar-refractivity contribution < 1.29 is 4.74 Å². The number of aromatic nitrogens is 4. The van der Waals surface area contributed by atoms with Gasteiger partial charge in [-0.1, -0.05) is 11.6 Å². The summed E-state index contributed by atoms with van der Waals surface area (Å²) in [5, 5.41) is 8.21. The molecular formula is C13H18ClN5O. The molecule has 1 atom stereocenters. The molecule has 1 saturated heterocycles. The average Bonchev–Trinajstić information content (AvgIpc) is 2.92. The number of nitrogens with one attached hydrogen (secondary N) is 1. The van der Waals surface area contributed by atoms with Crippen molar-refractivity contribution >= 4 is 23.2 Å². The molecule has 20 heavy (non-hydrogen) atoms. The third-order valence-electron chi connectivity index (χ3n) is 3.94. The Morgan fingerprint density at radius 3 is 2.95 bits per heavy atom. The third kappa shape index (κ3) is 2.45. The number of ether oxygens (including phenoxy) is 1. The van der Waals surface area contributed by atoms with Crippen molar-refractivity contribution in [1.29, 1.82) is 0 Å². The van der Waals surface area contributed by atoms with Crippen molar-refractivity contribution in [3.05, 3.63) is 17.0 Å². The summed E-state index contributed by atoms with van der Waals surface area (Å²) in [6.45, 7) is 5.80. The highest BCUT2D eigenvalue weighted by Crippen LogP contribution is 2.26. The van der Waals surface area contributed by atoms with Crippen molar-refractivity contribution in [2.75, 3.05) is 18.5 Å². The van der Waals surface area contributed by atoms with Crippen LogP contribution in [0.4, 0.5) is 5.82 Å². The molecule has 3 rings (SSSR count). The van der Waals surface area contributed by atoms with E-state index < -0.39 is 0 Å². The van der Waals surface area contributed by atoms with E-state index >= 15 is 0 Å².